The van der Waals surface area contributed by atoms with Crippen molar-refractivity contribution in [2.24, 2.45) is 0 Å². The van der Waals surface area contributed by atoms with Crippen LogP contribution in [0.3, 0.4) is 0 Å². The van der Waals surface area contributed by atoms with Crippen molar-refractivity contribution in [3.63, 3.8) is 0 Å². The molecule has 20 heavy (non-hydrogen) atoms. The highest BCUT2D eigenvalue weighted by molar-refractivity contribution is 6.17. The molecule has 0 saturated heterocycles. The molecule has 0 aromatic heterocycles. The lowest BCUT2D eigenvalue weighted by atomic mass is 10.2. The largest absolute Gasteiger partial charge is 0.481 e. The highest BCUT2D eigenvalue weighted by atomic mass is 35.5. The first-order valence-electron chi connectivity index (χ1n) is 6.51. The lowest BCUT2D eigenvalue weighted by Gasteiger charge is -2.04. The van der Waals surface area contributed by atoms with E-state index in [4.69, 9.17) is 22.0 Å². The molecule has 0 aliphatic rings. The van der Waals surface area contributed by atoms with Gasteiger partial charge in [0.1, 0.15) is 11.6 Å². The molecule has 112 valence electrons. The Labute approximate surface area is 123 Å². The van der Waals surface area contributed by atoms with E-state index in [0.717, 1.165) is 12.8 Å². The molecule has 0 aliphatic heterocycles. The predicted octanol–water partition coefficient (Wildman–Crippen LogP) is 1.37. The van der Waals surface area contributed by atoms with E-state index in [1.807, 2.05) is 6.07 Å². The van der Waals surface area contributed by atoms with Crippen LogP contribution in [0.25, 0.3) is 0 Å². The molecule has 0 heterocycles. The number of aliphatic carboxylic acids is 1. The molecule has 1 amide bonds. The summed E-state index contributed by atoms with van der Waals surface area (Å²) >= 11 is 5.48. The normalized spacial score (nSPS) is 10.7. The third-order valence-electron chi connectivity index (χ3n) is 2.42. The minimum atomic E-state index is -0.793. The van der Waals surface area contributed by atoms with Gasteiger partial charge in [0.25, 0.3) is 5.91 Å². The summed E-state index contributed by atoms with van der Waals surface area (Å²) in [5.41, 5.74) is 0.0186. The number of alkyl halides is 1. The molecule has 0 atom stereocenters. The summed E-state index contributed by atoms with van der Waals surface area (Å²) in [4.78, 5) is 21.8. The van der Waals surface area contributed by atoms with Crippen molar-refractivity contribution in [3.05, 3.63) is 11.8 Å². The van der Waals surface area contributed by atoms with Crippen molar-refractivity contribution in [2.75, 3.05) is 19.0 Å². The molecule has 7 heteroatoms. The van der Waals surface area contributed by atoms with Crippen molar-refractivity contribution in [1.29, 1.82) is 5.26 Å². The van der Waals surface area contributed by atoms with Crippen LogP contribution in [0.5, 0.6) is 0 Å². The smallest absolute Gasteiger partial charge is 0.303 e. The second kappa shape index (κ2) is 12.3. The van der Waals surface area contributed by atoms with Gasteiger partial charge in [-0.25, -0.2) is 0 Å². The Bertz CT molecular complexity index is 378. The van der Waals surface area contributed by atoms with Crippen molar-refractivity contribution >= 4 is 23.5 Å². The number of hydrogen-bond acceptors (Lipinski definition) is 4. The number of unbranched alkanes of at least 4 members (excludes halogenated alkanes) is 2. The quantitative estimate of drug-likeness (QED) is 0.231. The fraction of sp³-hybridized carbons (Fsp3) is 0.615. The highest BCUT2D eigenvalue weighted by Gasteiger charge is 2.07. The molecule has 0 spiro atoms. The summed E-state index contributed by atoms with van der Waals surface area (Å²) in [6.45, 7) is 1.04. The van der Waals surface area contributed by atoms with Gasteiger partial charge in [0.2, 0.25) is 0 Å². The second-order valence-corrected chi connectivity index (χ2v) is 4.50. The van der Waals surface area contributed by atoms with Gasteiger partial charge in [0, 0.05) is 31.6 Å². The molecule has 0 radical (unpaired) electrons. The van der Waals surface area contributed by atoms with E-state index >= 15 is 0 Å². The SMILES string of the molecule is N#C/C(=C/NCCCCCC(=O)O)C(=O)NCCCCl. The van der Waals surface area contributed by atoms with Crippen LogP contribution in [-0.4, -0.2) is 36.0 Å². The summed E-state index contributed by atoms with van der Waals surface area (Å²) in [7, 11) is 0. The lowest BCUT2D eigenvalue weighted by molar-refractivity contribution is -0.137. The van der Waals surface area contributed by atoms with Crippen LogP contribution in [0.2, 0.25) is 0 Å². The van der Waals surface area contributed by atoms with E-state index in [1.165, 1.54) is 6.20 Å². The van der Waals surface area contributed by atoms with Crippen LogP contribution in [-0.2, 0) is 9.59 Å². The number of halogens is 1. The van der Waals surface area contributed by atoms with Crippen LogP contribution in [0.1, 0.15) is 32.1 Å². The first-order chi connectivity index (χ1) is 9.61. The Morgan fingerprint density at radius 3 is 2.55 bits per heavy atom. The molecule has 0 bridgehead atoms. The van der Waals surface area contributed by atoms with Gasteiger partial charge in [0.15, 0.2) is 0 Å². The van der Waals surface area contributed by atoms with Gasteiger partial charge < -0.3 is 15.7 Å². The van der Waals surface area contributed by atoms with Crippen LogP contribution in [0.15, 0.2) is 11.8 Å². The zero-order valence-corrected chi connectivity index (χ0v) is 12.1. The molecular weight excluding hydrogens is 282 g/mol. The number of carbonyl (C=O) groups excluding carboxylic acids is 1. The second-order valence-electron chi connectivity index (χ2n) is 4.13. The molecule has 3 N–H and O–H groups in total. The summed E-state index contributed by atoms with van der Waals surface area (Å²) in [5, 5.41) is 22.8. The third-order valence-corrected chi connectivity index (χ3v) is 2.69. The maximum absolute atomic E-state index is 11.5. The summed E-state index contributed by atoms with van der Waals surface area (Å²) in [6, 6.07) is 1.82. The van der Waals surface area contributed by atoms with E-state index in [0.29, 0.717) is 31.8 Å². The van der Waals surface area contributed by atoms with Gasteiger partial charge >= 0.3 is 5.97 Å². The number of nitriles is 1. The zero-order valence-electron chi connectivity index (χ0n) is 11.3. The predicted molar refractivity (Wildman–Crippen MR) is 76.1 cm³/mol. The standard InChI is InChI=1S/C13H20ClN3O3/c14-6-4-8-17-13(20)11(9-15)10-16-7-3-1-2-5-12(18)19/h10,16H,1-8H2,(H,17,20)(H,18,19)/b11-10-. The number of carbonyl (C=O) groups is 2. The number of rotatable bonds is 11. The van der Waals surface area contributed by atoms with Gasteiger partial charge in [-0.2, -0.15) is 5.26 Å². The number of hydrogen-bond donors (Lipinski definition) is 3. The molecule has 0 unspecified atom stereocenters. The molecule has 0 aromatic carbocycles. The van der Waals surface area contributed by atoms with Crippen molar-refractivity contribution in [2.45, 2.75) is 32.1 Å². The van der Waals surface area contributed by atoms with E-state index in [-0.39, 0.29) is 12.0 Å². The summed E-state index contributed by atoms with van der Waals surface area (Å²) in [6.07, 6.45) is 4.41. The Balaban J connectivity index is 3.81. The van der Waals surface area contributed by atoms with Crippen LogP contribution in [0.4, 0.5) is 0 Å². The van der Waals surface area contributed by atoms with Gasteiger partial charge in [-0.3, -0.25) is 9.59 Å². The number of nitrogens with zero attached hydrogens (tertiary/aromatic N) is 1. The molecule has 0 rings (SSSR count). The number of carboxylic acids is 1. The van der Waals surface area contributed by atoms with Crippen molar-refractivity contribution < 1.29 is 14.7 Å². The van der Waals surface area contributed by atoms with Gasteiger partial charge in [-0.1, -0.05) is 6.42 Å². The average Bonchev–Trinajstić information content (AvgIpc) is 2.41. The minimum absolute atomic E-state index is 0.0186. The summed E-state index contributed by atoms with van der Waals surface area (Å²) in [5.74, 6) is -0.755. The first-order valence-corrected chi connectivity index (χ1v) is 7.05. The summed E-state index contributed by atoms with van der Waals surface area (Å²) < 4.78 is 0. The van der Waals surface area contributed by atoms with Crippen LogP contribution >= 0.6 is 11.6 Å². The average molecular weight is 302 g/mol. The van der Waals surface area contributed by atoms with E-state index in [9.17, 15) is 9.59 Å². The fourth-order valence-electron chi connectivity index (χ4n) is 1.37. The van der Waals surface area contributed by atoms with E-state index in [2.05, 4.69) is 10.6 Å². The number of amides is 1. The van der Waals surface area contributed by atoms with Crippen LogP contribution < -0.4 is 10.6 Å². The molecule has 0 saturated carbocycles. The molecular formula is C13H20ClN3O3. The molecule has 6 nitrogen and oxygen atoms in total. The molecule has 0 aliphatic carbocycles. The molecule has 0 aromatic rings. The maximum atomic E-state index is 11.5. The topological polar surface area (TPSA) is 102 Å². The van der Waals surface area contributed by atoms with E-state index < -0.39 is 11.9 Å². The van der Waals surface area contributed by atoms with Crippen molar-refractivity contribution in [3.8, 4) is 6.07 Å². The number of carboxylic acid groups (broad SMARTS) is 1. The monoisotopic (exact) mass is 301 g/mol. The Morgan fingerprint density at radius 1 is 1.20 bits per heavy atom. The van der Waals surface area contributed by atoms with Crippen LogP contribution in [0, 0.1) is 11.3 Å². The van der Waals surface area contributed by atoms with Crippen molar-refractivity contribution in [1.82, 2.24) is 10.6 Å². The van der Waals surface area contributed by atoms with Gasteiger partial charge in [-0.15, -0.1) is 11.6 Å². The Kier molecular flexibility index (Phi) is 11.2. The van der Waals surface area contributed by atoms with E-state index in [1.54, 1.807) is 0 Å². The highest BCUT2D eigenvalue weighted by Crippen LogP contribution is 1.99. The zero-order chi connectivity index (χ0) is 15.2. The van der Waals surface area contributed by atoms with Gasteiger partial charge in [-0.05, 0) is 19.3 Å². The minimum Gasteiger partial charge on any atom is -0.481 e. The molecule has 0 fully saturated rings. The number of nitrogens with one attached hydrogen (secondary N) is 2. The Morgan fingerprint density at radius 2 is 1.95 bits per heavy atom. The fourth-order valence-corrected chi connectivity index (χ4v) is 1.50. The maximum Gasteiger partial charge on any atom is 0.303 e. The third kappa shape index (κ3) is 10.2. The first kappa shape index (κ1) is 18.3. The van der Waals surface area contributed by atoms with Gasteiger partial charge in [0.05, 0.1) is 0 Å². The lowest BCUT2D eigenvalue weighted by Crippen LogP contribution is -2.27. The Hall–Kier alpha value is -1.74.